The summed E-state index contributed by atoms with van der Waals surface area (Å²) in [6.07, 6.45) is 2.17. The summed E-state index contributed by atoms with van der Waals surface area (Å²) in [4.78, 5) is 25.9. The molecular formula is C16H18ClNO3. The Morgan fingerprint density at radius 2 is 1.81 bits per heavy atom. The summed E-state index contributed by atoms with van der Waals surface area (Å²) in [5.41, 5.74) is -0.277. The molecule has 1 saturated heterocycles. The van der Waals surface area contributed by atoms with Crippen molar-refractivity contribution in [1.82, 2.24) is 4.90 Å². The molecule has 112 valence electrons. The molecular weight excluding hydrogens is 290 g/mol. The maximum atomic E-state index is 12.8. The number of aliphatic carboxylic acids is 1. The lowest BCUT2D eigenvalue weighted by atomic mass is 9.90. The van der Waals surface area contributed by atoms with Gasteiger partial charge >= 0.3 is 5.97 Å². The number of hydrogen-bond acceptors (Lipinski definition) is 2. The number of amides is 1. The minimum absolute atomic E-state index is 0.0646. The van der Waals surface area contributed by atoms with Gasteiger partial charge in [0.1, 0.15) is 0 Å². The highest BCUT2D eigenvalue weighted by Crippen LogP contribution is 2.50. The molecule has 1 atom stereocenters. The summed E-state index contributed by atoms with van der Waals surface area (Å²) in [5, 5.41) is 9.94. The van der Waals surface area contributed by atoms with Crippen LogP contribution in [0.3, 0.4) is 0 Å². The number of hydrogen-bond donors (Lipinski definition) is 1. The van der Waals surface area contributed by atoms with E-state index >= 15 is 0 Å². The average molecular weight is 308 g/mol. The third-order valence-electron chi connectivity index (χ3n) is 4.83. The Morgan fingerprint density at radius 3 is 2.29 bits per heavy atom. The van der Waals surface area contributed by atoms with E-state index < -0.39 is 16.8 Å². The highest BCUT2D eigenvalue weighted by molar-refractivity contribution is 6.30. The van der Waals surface area contributed by atoms with Gasteiger partial charge in [0.15, 0.2) is 0 Å². The standard InChI is InChI=1S/C16H18ClNO3/c1-15(14(20)21)8-9-18(10-15)13(19)16(6-7-16)11-2-4-12(17)5-3-11/h2-5H,6-10H2,1H3,(H,20,21). The van der Waals surface area contributed by atoms with E-state index in [1.165, 1.54) is 0 Å². The van der Waals surface area contributed by atoms with E-state index in [1.807, 2.05) is 12.1 Å². The molecule has 1 heterocycles. The van der Waals surface area contributed by atoms with Crippen molar-refractivity contribution in [1.29, 1.82) is 0 Å². The first-order valence-corrected chi connectivity index (χ1v) is 7.54. The lowest BCUT2D eigenvalue weighted by Crippen LogP contribution is -2.40. The van der Waals surface area contributed by atoms with Gasteiger partial charge in [0.2, 0.25) is 5.91 Å². The lowest BCUT2D eigenvalue weighted by molar-refractivity contribution is -0.147. The summed E-state index contributed by atoms with van der Waals surface area (Å²) in [6, 6.07) is 7.41. The summed E-state index contributed by atoms with van der Waals surface area (Å²) >= 11 is 5.90. The second-order valence-corrected chi connectivity index (χ2v) is 6.87. The molecule has 21 heavy (non-hydrogen) atoms. The van der Waals surface area contributed by atoms with Crippen LogP contribution in [0.2, 0.25) is 5.02 Å². The molecule has 1 N–H and O–H groups in total. The second kappa shape index (κ2) is 4.73. The van der Waals surface area contributed by atoms with Gasteiger partial charge < -0.3 is 10.0 Å². The summed E-state index contributed by atoms with van der Waals surface area (Å²) < 4.78 is 0. The lowest BCUT2D eigenvalue weighted by Gasteiger charge is -2.25. The molecule has 1 unspecified atom stereocenters. The first kappa shape index (κ1) is 14.4. The van der Waals surface area contributed by atoms with Gasteiger partial charge in [0, 0.05) is 18.1 Å². The first-order chi connectivity index (χ1) is 9.87. The summed E-state index contributed by atoms with van der Waals surface area (Å²) in [6.45, 7) is 2.54. The molecule has 1 aliphatic heterocycles. The van der Waals surface area contributed by atoms with E-state index in [2.05, 4.69) is 0 Å². The molecule has 0 spiro atoms. The van der Waals surface area contributed by atoms with Crippen molar-refractivity contribution in [3.63, 3.8) is 0 Å². The fourth-order valence-electron chi connectivity index (χ4n) is 3.13. The van der Waals surface area contributed by atoms with Gasteiger partial charge in [-0.3, -0.25) is 9.59 Å². The van der Waals surface area contributed by atoms with Crippen molar-refractivity contribution in [2.45, 2.75) is 31.6 Å². The Balaban J connectivity index is 1.80. The zero-order valence-electron chi connectivity index (χ0n) is 11.9. The smallest absolute Gasteiger partial charge is 0.311 e. The Morgan fingerprint density at radius 1 is 1.19 bits per heavy atom. The van der Waals surface area contributed by atoms with Gasteiger partial charge in [-0.15, -0.1) is 0 Å². The molecule has 2 aliphatic rings. The van der Waals surface area contributed by atoms with Gasteiger partial charge in [0.05, 0.1) is 10.8 Å². The Bertz CT molecular complexity index is 594. The number of likely N-dealkylation sites (tertiary alicyclic amines) is 1. The average Bonchev–Trinajstić information content (AvgIpc) is 3.16. The zero-order chi connectivity index (χ0) is 15.3. The third-order valence-corrected chi connectivity index (χ3v) is 5.09. The number of benzene rings is 1. The van der Waals surface area contributed by atoms with Crippen LogP contribution in [0.15, 0.2) is 24.3 Å². The number of carboxylic acid groups (broad SMARTS) is 1. The highest BCUT2D eigenvalue weighted by Gasteiger charge is 2.55. The number of nitrogens with zero attached hydrogens (tertiary/aromatic N) is 1. The Labute approximate surface area is 128 Å². The molecule has 4 nitrogen and oxygen atoms in total. The predicted octanol–water partition coefficient (Wildman–Crippen LogP) is 2.69. The van der Waals surface area contributed by atoms with Gasteiger partial charge in [0.25, 0.3) is 0 Å². The predicted molar refractivity (Wildman–Crippen MR) is 79.3 cm³/mol. The number of carbonyl (C=O) groups excluding carboxylic acids is 1. The minimum atomic E-state index is -0.825. The second-order valence-electron chi connectivity index (χ2n) is 6.43. The summed E-state index contributed by atoms with van der Waals surface area (Å²) in [7, 11) is 0. The van der Waals surface area contributed by atoms with Crippen LogP contribution in [-0.4, -0.2) is 35.0 Å². The topological polar surface area (TPSA) is 57.6 Å². The SMILES string of the molecule is CC1(C(=O)O)CCN(C(=O)C2(c3ccc(Cl)cc3)CC2)C1. The van der Waals surface area contributed by atoms with Crippen molar-refractivity contribution in [2.75, 3.05) is 13.1 Å². The fraction of sp³-hybridized carbons (Fsp3) is 0.500. The quantitative estimate of drug-likeness (QED) is 0.934. The molecule has 3 rings (SSSR count). The molecule has 5 heteroatoms. The van der Waals surface area contributed by atoms with E-state index in [0.29, 0.717) is 24.5 Å². The van der Waals surface area contributed by atoms with Crippen LogP contribution in [0, 0.1) is 5.41 Å². The van der Waals surface area contributed by atoms with Gasteiger partial charge in [-0.25, -0.2) is 0 Å². The molecule has 1 aromatic carbocycles. The molecule has 2 fully saturated rings. The fourth-order valence-corrected chi connectivity index (χ4v) is 3.26. The number of carbonyl (C=O) groups is 2. The van der Waals surface area contributed by atoms with Gasteiger partial charge in [-0.1, -0.05) is 23.7 Å². The molecule has 1 saturated carbocycles. The number of carboxylic acids is 1. The molecule has 0 aromatic heterocycles. The van der Waals surface area contributed by atoms with E-state index in [1.54, 1.807) is 24.0 Å². The molecule has 1 amide bonds. The number of rotatable bonds is 3. The molecule has 1 aliphatic carbocycles. The van der Waals surface area contributed by atoms with E-state index in [0.717, 1.165) is 18.4 Å². The van der Waals surface area contributed by atoms with Crippen LogP contribution < -0.4 is 0 Å². The third kappa shape index (κ3) is 2.31. The van der Waals surface area contributed by atoms with Crippen molar-refractivity contribution in [3.05, 3.63) is 34.9 Å². The van der Waals surface area contributed by atoms with Crippen LogP contribution >= 0.6 is 11.6 Å². The monoisotopic (exact) mass is 307 g/mol. The molecule has 0 bridgehead atoms. The van der Waals surface area contributed by atoms with Crippen molar-refractivity contribution in [3.8, 4) is 0 Å². The van der Waals surface area contributed by atoms with Crippen molar-refractivity contribution in [2.24, 2.45) is 5.41 Å². The van der Waals surface area contributed by atoms with E-state index in [4.69, 9.17) is 11.6 Å². The molecule has 1 aromatic rings. The number of halogens is 1. The first-order valence-electron chi connectivity index (χ1n) is 7.16. The van der Waals surface area contributed by atoms with E-state index in [9.17, 15) is 14.7 Å². The minimum Gasteiger partial charge on any atom is -0.481 e. The zero-order valence-corrected chi connectivity index (χ0v) is 12.7. The maximum absolute atomic E-state index is 12.8. The van der Waals surface area contributed by atoms with E-state index in [-0.39, 0.29) is 5.91 Å². The highest BCUT2D eigenvalue weighted by atomic mass is 35.5. The van der Waals surface area contributed by atoms with Gasteiger partial charge in [-0.05, 0) is 43.9 Å². The van der Waals surface area contributed by atoms with Crippen molar-refractivity contribution < 1.29 is 14.7 Å². The largest absolute Gasteiger partial charge is 0.481 e. The van der Waals surface area contributed by atoms with Crippen LogP contribution in [0.5, 0.6) is 0 Å². The van der Waals surface area contributed by atoms with Crippen LogP contribution in [0.1, 0.15) is 31.7 Å². The molecule has 0 radical (unpaired) electrons. The van der Waals surface area contributed by atoms with Gasteiger partial charge in [-0.2, -0.15) is 0 Å². The normalized spacial score (nSPS) is 26.7. The Kier molecular flexibility index (Phi) is 3.24. The maximum Gasteiger partial charge on any atom is 0.311 e. The van der Waals surface area contributed by atoms with Crippen molar-refractivity contribution >= 4 is 23.5 Å². The Hall–Kier alpha value is -1.55. The summed E-state index contributed by atoms with van der Waals surface area (Å²) in [5.74, 6) is -0.760. The van der Waals surface area contributed by atoms with Crippen LogP contribution in [-0.2, 0) is 15.0 Å². The van der Waals surface area contributed by atoms with Crippen LogP contribution in [0.4, 0.5) is 0 Å². The van der Waals surface area contributed by atoms with Crippen LogP contribution in [0.25, 0.3) is 0 Å².